The Morgan fingerprint density at radius 3 is 2.38 bits per heavy atom. The number of carbonyl (C=O) groups is 2. The highest BCUT2D eigenvalue weighted by Crippen LogP contribution is 2.21. The molecule has 0 aliphatic carbocycles. The summed E-state index contributed by atoms with van der Waals surface area (Å²) in [6.45, 7) is 4.85. The van der Waals surface area contributed by atoms with Crippen LogP contribution in [0.1, 0.15) is 36.8 Å². The van der Waals surface area contributed by atoms with Crippen LogP contribution >= 0.6 is 0 Å². The third-order valence-electron chi connectivity index (χ3n) is 3.12. The molecule has 116 valence electrons. The molecule has 1 amide bonds. The number of carboxylic acid groups (broad SMARTS) is 1. The van der Waals surface area contributed by atoms with E-state index in [-0.39, 0.29) is 12.3 Å². The third kappa shape index (κ3) is 6.79. The van der Waals surface area contributed by atoms with Crippen molar-refractivity contribution in [2.24, 2.45) is 0 Å². The van der Waals surface area contributed by atoms with Gasteiger partial charge in [-0.1, -0.05) is 18.2 Å². The summed E-state index contributed by atoms with van der Waals surface area (Å²) in [5, 5.41) is 11.3. The standard InChI is InChI=1S/C16H23NO4/c1-12-6-5-7-13(2)16(12)21-11-10-17-14(18)8-3-4-9-15(19)20/h5-7H,3-4,8-11H2,1-2H3,(H,17,18)(H,19,20). The largest absolute Gasteiger partial charge is 0.491 e. The van der Waals surface area contributed by atoms with E-state index in [2.05, 4.69) is 5.32 Å². The predicted molar refractivity (Wildman–Crippen MR) is 80.5 cm³/mol. The average Bonchev–Trinajstić information content (AvgIpc) is 2.42. The highest BCUT2D eigenvalue weighted by molar-refractivity contribution is 5.75. The fraction of sp³-hybridized carbons (Fsp3) is 0.500. The number of ether oxygens (including phenoxy) is 1. The van der Waals surface area contributed by atoms with Crippen LogP contribution in [-0.4, -0.2) is 30.1 Å². The monoisotopic (exact) mass is 293 g/mol. The van der Waals surface area contributed by atoms with Crippen LogP contribution in [0.3, 0.4) is 0 Å². The highest BCUT2D eigenvalue weighted by atomic mass is 16.5. The van der Waals surface area contributed by atoms with Crippen molar-refractivity contribution in [3.8, 4) is 5.75 Å². The molecule has 5 heteroatoms. The summed E-state index contributed by atoms with van der Waals surface area (Å²) in [5.74, 6) is -0.0175. The molecule has 0 heterocycles. The van der Waals surface area contributed by atoms with Gasteiger partial charge in [0, 0.05) is 12.8 Å². The number of unbranched alkanes of at least 4 members (excludes halogenated alkanes) is 1. The van der Waals surface area contributed by atoms with Gasteiger partial charge in [0.05, 0.1) is 6.54 Å². The summed E-state index contributed by atoms with van der Waals surface area (Å²) in [7, 11) is 0. The van der Waals surface area contributed by atoms with Gasteiger partial charge in [0.15, 0.2) is 0 Å². The van der Waals surface area contributed by atoms with Crippen molar-refractivity contribution in [3.05, 3.63) is 29.3 Å². The number of benzene rings is 1. The van der Waals surface area contributed by atoms with Crippen molar-refractivity contribution in [2.75, 3.05) is 13.2 Å². The number of rotatable bonds is 9. The first-order chi connectivity index (χ1) is 10.0. The lowest BCUT2D eigenvalue weighted by Crippen LogP contribution is -2.28. The molecule has 1 aromatic rings. The molecular weight excluding hydrogens is 270 g/mol. The number of hydrogen-bond acceptors (Lipinski definition) is 3. The SMILES string of the molecule is Cc1cccc(C)c1OCCNC(=O)CCCCC(=O)O. The van der Waals surface area contributed by atoms with Gasteiger partial charge in [-0.3, -0.25) is 9.59 Å². The third-order valence-corrected chi connectivity index (χ3v) is 3.12. The normalized spacial score (nSPS) is 10.2. The highest BCUT2D eigenvalue weighted by Gasteiger charge is 2.05. The van der Waals surface area contributed by atoms with Crippen molar-refractivity contribution >= 4 is 11.9 Å². The van der Waals surface area contributed by atoms with Gasteiger partial charge in [0.25, 0.3) is 0 Å². The van der Waals surface area contributed by atoms with E-state index in [1.54, 1.807) is 0 Å². The van der Waals surface area contributed by atoms with E-state index >= 15 is 0 Å². The van der Waals surface area contributed by atoms with E-state index in [0.717, 1.165) is 16.9 Å². The van der Waals surface area contributed by atoms with Gasteiger partial charge in [0.2, 0.25) is 5.91 Å². The van der Waals surface area contributed by atoms with E-state index < -0.39 is 5.97 Å². The minimum absolute atomic E-state index is 0.0644. The molecule has 0 aromatic heterocycles. The number of para-hydroxylation sites is 1. The fourth-order valence-electron chi connectivity index (χ4n) is 2.02. The Hall–Kier alpha value is -2.04. The Morgan fingerprint density at radius 1 is 1.14 bits per heavy atom. The van der Waals surface area contributed by atoms with E-state index in [9.17, 15) is 9.59 Å². The first kappa shape index (κ1) is 17.0. The molecule has 1 rings (SSSR count). The lowest BCUT2D eigenvalue weighted by atomic mass is 10.1. The number of hydrogen-bond donors (Lipinski definition) is 2. The summed E-state index contributed by atoms with van der Waals surface area (Å²) < 4.78 is 5.68. The van der Waals surface area contributed by atoms with Gasteiger partial charge < -0.3 is 15.2 Å². The predicted octanol–water partition coefficient (Wildman–Crippen LogP) is 2.44. The van der Waals surface area contributed by atoms with Crippen LogP contribution in [0, 0.1) is 13.8 Å². The van der Waals surface area contributed by atoms with Crippen molar-refractivity contribution in [2.45, 2.75) is 39.5 Å². The molecule has 0 aliphatic heterocycles. The van der Waals surface area contributed by atoms with Crippen LogP contribution in [0.2, 0.25) is 0 Å². The minimum atomic E-state index is -0.822. The lowest BCUT2D eigenvalue weighted by Gasteiger charge is -2.12. The lowest BCUT2D eigenvalue weighted by molar-refractivity contribution is -0.137. The number of carboxylic acids is 1. The maximum absolute atomic E-state index is 11.5. The molecule has 0 saturated heterocycles. The number of amides is 1. The maximum atomic E-state index is 11.5. The Balaban J connectivity index is 2.16. The Labute approximate surface area is 125 Å². The molecule has 0 atom stereocenters. The van der Waals surface area contributed by atoms with E-state index in [0.29, 0.717) is 32.4 Å². The number of carbonyl (C=O) groups excluding carboxylic acids is 1. The van der Waals surface area contributed by atoms with Gasteiger partial charge in [-0.15, -0.1) is 0 Å². The zero-order valence-corrected chi connectivity index (χ0v) is 12.6. The van der Waals surface area contributed by atoms with Crippen LogP contribution in [0.25, 0.3) is 0 Å². The van der Waals surface area contributed by atoms with Gasteiger partial charge in [-0.05, 0) is 37.8 Å². The second kappa shape index (κ2) is 9.00. The molecule has 5 nitrogen and oxygen atoms in total. The Morgan fingerprint density at radius 2 is 1.76 bits per heavy atom. The van der Waals surface area contributed by atoms with Crippen molar-refractivity contribution in [3.63, 3.8) is 0 Å². The Kier molecular flexibility index (Phi) is 7.29. The Bertz CT molecular complexity index is 465. The van der Waals surface area contributed by atoms with E-state index in [4.69, 9.17) is 9.84 Å². The van der Waals surface area contributed by atoms with Gasteiger partial charge in [-0.2, -0.15) is 0 Å². The summed E-state index contributed by atoms with van der Waals surface area (Å²) >= 11 is 0. The van der Waals surface area contributed by atoms with Crippen LogP contribution in [-0.2, 0) is 9.59 Å². The maximum Gasteiger partial charge on any atom is 0.303 e. The number of aliphatic carboxylic acids is 1. The molecule has 0 unspecified atom stereocenters. The van der Waals surface area contributed by atoms with Crippen molar-refractivity contribution in [1.82, 2.24) is 5.32 Å². The second-order valence-corrected chi connectivity index (χ2v) is 5.02. The number of nitrogens with one attached hydrogen (secondary N) is 1. The molecule has 2 N–H and O–H groups in total. The van der Waals surface area contributed by atoms with Crippen LogP contribution in [0.5, 0.6) is 5.75 Å². The minimum Gasteiger partial charge on any atom is -0.491 e. The van der Waals surface area contributed by atoms with Crippen LogP contribution in [0.15, 0.2) is 18.2 Å². The summed E-state index contributed by atoms with van der Waals surface area (Å²) in [5.41, 5.74) is 2.16. The van der Waals surface area contributed by atoms with Gasteiger partial charge >= 0.3 is 5.97 Å². The quantitative estimate of drug-likeness (QED) is 0.686. The van der Waals surface area contributed by atoms with E-state index in [1.807, 2.05) is 32.0 Å². The molecule has 0 saturated carbocycles. The zero-order chi connectivity index (χ0) is 15.7. The molecule has 0 bridgehead atoms. The number of aryl methyl sites for hydroxylation is 2. The molecule has 1 aromatic carbocycles. The first-order valence-corrected chi connectivity index (χ1v) is 7.18. The van der Waals surface area contributed by atoms with E-state index in [1.165, 1.54) is 0 Å². The molecule has 0 radical (unpaired) electrons. The molecule has 0 aliphatic rings. The van der Waals surface area contributed by atoms with Crippen molar-refractivity contribution in [1.29, 1.82) is 0 Å². The molecule has 0 fully saturated rings. The molecular formula is C16H23NO4. The van der Waals surface area contributed by atoms with Crippen LogP contribution in [0.4, 0.5) is 0 Å². The molecule has 21 heavy (non-hydrogen) atoms. The zero-order valence-electron chi connectivity index (χ0n) is 12.6. The summed E-state index contributed by atoms with van der Waals surface area (Å²) in [6, 6.07) is 5.96. The summed E-state index contributed by atoms with van der Waals surface area (Å²) in [6.07, 6.45) is 1.59. The first-order valence-electron chi connectivity index (χ1n) is 7.18. The second-order valence-electron chi connectivity index (χ2n) is 5.02. The average molecular weight is 293 g/mol. The van der Waals surface area contributed by atoms with Crippen LogP contribution < -0.4 is 10.1 Å². The smallest absolute Gasteiger partial charge is 0.303 e. The van der Waals surface area contributed by atoms with Crippen molar-refractivity contribution < 1.29 is 19.4 Å². The van der Waals surface area contributed by atoms with Gasteiger partial charge in [0.1, 0.15) is 12.4 Å². The molecule has 0 spiro atoms. The summed E-state index contributed by atoms with van der Waals surface area (Å²) in [4.78, 5) is 21.8. The fourth-order valence-corrected chi connectivity index (χ4v) is 2.02. The van der Waals surface area contributed by atoms with Gasteiger partial charge in [-0.25, -0.2) is 0 Å². The topological polar surface area (TPSA) is 75.6 Å².